The molecule has 0 saturated carbocycles. The van der Waals surface area contributed by atoms with Crippen molar-refractivity contribution < 1.29 is 19.1 Å². The standard InChI is InChI=1S/C21H25Cl2N3O4/c1-21(2,3)30-19(27)24-12-13-26(25-18-16(22)10-7-11-17(18)23)20(28)29-14-15-8-5-4-6-9-15/h4-11,25H,12-14H2,1-3H3,(H,24,27). The summed E-state index contributed by atoms with van der Waals surface area (Å²) in [5.74, 6) is 0. The monoisotopic (exact) mass is 453 g/mol. The van der Waals surface area contributed by atoms with Crippen molar-refractivity contribution in [3.05, 3.63) is 64.1 Å². The maximum atomic E-state index is 12.7. The molecule has 0 saturated heterocycles. The largest absolute Gasteiger partial charge is 0.444 e. The van der Waals surface area contributed by atoms with Crippen LogP contribution in [0.4, 0.5) is 15.3 Å². The second kappa shape index (κ2) is 10.9. The molecule has 2 aromatic carbocycles. The van der Waals surface area contributed by atoms with E-state index < -0.39 is 17.8 Å². The first-order valence-corrected chi connectivity index (χ1v) is 10.1. The maximum Gasteiger partial charge on any atom is 0.428 e. The van der Waals surface area contributed by atoms with Gasteiger partial charge in [-0.05, 0) is 38.5 Å². The summed E-state index contributed by atoms with van der Waals surface area (Å²) >= 11 is 12.4. The van der Waals surface area contributed by atoms with E-state index in [1.54, 1.807) is 39.0 Å². The zero-order valence-electron chi connectivity index (χ0n) is 17.1. The predicted octanol–water partition coefficient (Wildman–Crippen LogP) is 5.48. The van der Waals surface area contributed by atoms with Crippen molar-refractivity contribution in [3.8, 4) is 0 Å². The Hall–Kier alpha value is -2.64. The Morgan fingerprint density at radius 1 is 1.00 bits per heavy atom. The van der Waals surface area contributed by atoms with E-state index in [-0.39, 0.29) is 19.7 Å². The molecule has 0 fully saturated rings. The van der Waals surface area contributed by atoms with Gasteiger partial charge in [0.15, 0.2) is 0 Å². The summed E-state index contributed by atoms with van der Waals surface area (Å²) in [6.07, 6.45) is -1.24. The molecule has 0 aliphatic rings. The smallest absolute Gasteiger partial charge is 0.428 e. The van der Waals surface area contributed by atoms with Crippen LogP contribution in [0, 0.1) is 0 Å². The van der Waals surface area contributed by atoms with Crippen molar-refractivity contribution in [2.75, 3.05) is 18.5 Å². The number of carbonyl (C=O) groups excluding carboxylic acids is 2. The number of benzene rings is 2. The van der Waals surface area contributed by atoms with Crippen molar-refractivity contribution in [1.82, 2.24) is 10.3 Å². The Kier molecular flexibility index (Phi) is 8.62. The van der Waals surface area contributed by atoms with Gasteiger partial charge in [0, 0.05) is 6.54 Å². The minimum Gasteiger partial charge on any atom is -0.444 e. The summed E-state index contributed by atoms with van der Waals surface area (Å²) < 4.78 is 10.6. The average molecular weight is 454 g/mol. The van der Waals surface area contributed by atoms with Crippen LogP contribution in [-0.2, 0) is 16.1 Å². The second-order valence-electron chi connectivity index (χ2n) is 7.33. The number of carbonyl (C=O) groups is 2. The third kappa shape index (κ3) is 8.00. The predicted molar refractivity (Wildman–Crippen MR) is 118 cm³/mol. The molecule has 0 radical (unpaired) electrons. The van der Waals surface area contributed by atoms with Crippen molar-refractivity contribution in [3.63, 3.8) is 0 Å². The molecule has 2 amide bonds. The van der Waals surface area contributed by atoms with Gasteiger partial charge in [0.05, 0.1) is 22.3 Å². The van der Waals surface area contributed by atoms with Crippen LogP contribution < -0.4 is 10.7 Å². The molecular weight excluding hydrogens is 429 g/mol. The Morgan fingerprint density at radius 2 is 1.63 bits per heavy atom. The number of ether oxygens (including phenoxy) is 2. The molecular formula is C21H25Cl2N3O4. The van der Waals surface area contributed by atoms with Gasteiger partial charge in [0.2, 0.25) is 0 Å². The third-order valence-corrected chi connectivity index (χ3v) is 4.27. The topological polar surface area (TPSA) is 79.9 Å². The van der Waals surface area contributed by atoms with Crippen LogP contribution in [0.15, 0.2) is 48.5 Å². The van der Waals surface area contributed by atoms with Crippen LogP contribution in [0.5, 0.6) is 0 Å². The van der Waals surface area contributed by atoms with Crippen LogP contribution in [0.3, 0.4) is 0 Å². The molecule has 0 aliphatic heterocycles. The highest BCUT2D eigenvalue weighted by Gasteiger charge is 2.20. The molecule has 0 bridgehead atoms. The number of para-hydroxylation sites is 1. The van der Waals surface area contributed by atoms with Crippen molar-refractivity contribution in [1.29, 1.82) is 0 Å². The quantitative estimate of drug-likeness (QED) is 0.542. The minimum atomic E-state index is -0.652. The molecule has 2 rings (SSSR count). The minimum absolute atomic E-state index is 0.0778. The van der Waals surface area contributed by atoms with Gasteiger partial charge < -0.3 is 14.8 Å². The molecule has 7 nitrogen and oxygen atoms in total. The lowest BCUT2D eigenvalue weighted by Gasteiger charge is -2.25. The van der Waals surface area contributed by atoms with Crippen LogP contribution in [0.25, 0.3) is 0 Å². The maximum absolute atomic E-state index is 12.7. The van der Waals surface area contributed by atoms with Gasteiger partial charge in [-0.15, -0.1) is 0 Å². The molecule has 0 aromatic heterocycles. The SMILES string of the molecule is CC(C)(C)OC(=O)NCCN(Nc1c(Cl)cccc1Cl)C(=O)OCc1ccccc1. The molecule has 0 atom stereocenters. The number of anilines is 1. The number of amides is 2. The van der Waals surface area contributed by atoms with E-state index in [2.05, 4.69) is 10.7 Å². The van der Waals surface area contributed by atoms with E-state index in [1.807, 2.05) is 30.3 Å². The van der Waals surface area contributed by atoms with Gasteiger partial charge >= 0.3 is 12.2 Å². The van der Waals surface area contributed by atoms with Crippen molar-refractivity contribution in [2.45, 2.75) is 33.0 Å². The lowest BCUT2D eigenvalue weighted by molar-refractivity contribution is 0.0518. The van der Waals surface area contributed by atoms with Crippen LogP contribution in [-0.4, -0.2) is 35.9 Å². The molecule has 0 spiro atoms. The average Bonchev–Trinajstić information content (AvgIpc) is 2.67. The number of halogens is 2. The number of nitrogens with zero attached hydrogens (tertiary/aromatic N) is 1. The van der Waals surface area contributed by atoms with Crippen LogP contribution in [0.2, 0.25) is 10.0 Å². The fraction of sp³-hybridized carbons (Fsp3) is 0.333. The highest BCUT2D eigenvalue weighted by Crippen LogP contribution is 2.30. The molecule has 162 valence electrons. The number of nitrogens with one attached hydrogen (secondary N) is 2. The van der Waals surface area contributed by atoms with Gasteiger partial charge in [-0.25, -0.2) is 14.6 Å². The highest BCUT2D eigenvalue weighted by molar-refractivity contribution is 6.39. The highest BCUT2D eigenvalue weighted by atomic mass is 35.5. The summed E-state index contributed by atoms with van der Waals surface area (Å²) in [6.45, 7) is 5.58. The zero-order chi connectivity index (χ0) is 22.1. The van der Waals surface area contributed by atoms with E-state index >= 15 is 0 Å². The van der Waals surface area contributed by atoms with Gasteiger partial charge in [0.25, 0.3) is 0 Å². The third-order valence-electron chi connectivity index (χ3n) is 3.64. The Balaban J connectivity index is 2.03. The van der Waals surface area contributed by atoms with Gasteiger partial charge in [0.1, 0.15) is 12.2 Å². The lowest BCUT2D eigenvalue weighted by Crippen LogP contribution is -2.43. The van der Waals surface area contributed by atoms with E-state index in [1.165, 1.54) is 5.01 Å². The van der Waals surface area contributed by atoms with E-state index in [0.29, 0.717) is 15.7 Å². The zero-order valence-corrected chi connectivity index (χ0v) is 18.6. The number of hydrazine groups is 1. The number of rotatable bonds is 7. The summed E-state index contributed by atoms with van der Waals surface area (Å²) in [6, 6.07) is 14.3. The normalized spacial score (nSPS) is 10.8. The van der Waals surface area contributed by atoms with Crippen LogP contribution >= 0.6 is 23.2 Å². The first-order chi connectivity index (χ1) is 14.2. The molecule has 2 N–H and O–H groups in total. The first-order valence-electron chi connectivity index (χ1n) is 9.31. The Labute approximate surface area is 186 Å². The molecule has 0 unspecified atom stereocenters. The van der Waals surface area contributed by atoms with Crippen molar-refractivity contribution >= 4 is 41.1 Å². The summed E-state index contributed by atoms with van der Waals surface area (Å²) in [5.41, 5.74) is 3.45. The number of hydrogen-bond acceptors (Lipinski definition) is 5. The molecule has 2 aromatic rings. The fourth-order valence-electron chi connectivity index (χ4n) is 2.31. The first kappa shape index (κ1) is 23.6. The Bertz CT molecular complexity index is 837. The summed E-state index contributed by atoms with van der Waals surface area (Å²) in [7, 11) is 0. The van der Waals surface area contributed by atoms with Crippen LogP contribution in [0.1, 0.15) is 26.3 Å². The van der Waals surface area contributed by atoms with Gasteiger partial charge in [-0.2, -0.15) is 0 Å². The van der Waals surface area contributed by atoms with Gasteiger partial charge in [-0.3, -0.25) is 5.43 Å². The molecule has 0 aliphatic carbocycles. The summed E-state index contributed by atoms with van der Waals surface area (Å²) in [4.78, 5) is 24.5. The number of alkyl carbamates (subject to hydrolysis) is 1. The lowest BCUT2D eigenvalue weighted by atomic mass is 10.2. The van der Waals surface area contributed by atoms with E-state index in [9.17, 15) is 9.59 Å². The molecule has 0 heterocycles. The van der Waals surface area contributed by atoms with Gasteiger partial charge in [-0.1, -0.05) is 59.6 Å². The summed E-state index contributed by atoms with van der Waals surface area (Å²) in [5, 5.41) is 4.46. The molecule has 9 heteroatoms. The molecule has 30 heavy (non-hydrogen) atoms. The van der Waals surface area contributed by atoms with E-state index in [0.717, 1.165) is 5.56 Å². The fourth-order valence-corrected chi connectivity index (χ4v) is 2.80. The Morgan fingerprint density at radius 3 is 2.23 bits per heavy atom. The van der Waals surface area contributed by atoms with E-state index in [4.69, 9.17) is 32.7 Å². The van der Waals surface area contributed by atoms with Crippen molar-refractivity contribution in [2.24, 2.45) is 0 Å². The number of hydrogen-bond donors (Lipinski definition) is 2. The second-order valence-corrected chi connectivity index (χ2v) is 8.14.